The van der Waals surface area contributed by atoms with Crippen LogP contribution in [-0.2, 0) is 6.54 Å². The molecular formula is C20H24FN3OS. The van der Waals surface area contributed by atoms with E-state index in [1.54, 1.807) is 0 Å². The topological polar surface area (TPSA) is 27.7 Å². The molecule has 0 unspecified atom stereocenters. The third kappa shape index (κ3) is 5.16. The summed E-state index contributed by atoms with van der Waals surface area (Å²) < 4.78 is 18.5. The minimum absolute atomic E-state index is 0.199. The van der Waals surface area contributed by atoms with Crippen LogP contribution in [0.25, 0.3) is 0 Å². The number of nitrogens with one attached hydrogen (secondary N) is 1. The number of rotatable bonds is 5. The second kappa shape index (κ2) is 8.96. The lowest BCUT2D eigenvalue weighted by molar-refractivity contribution is 0.134. The molecule has 1 aliphatic heterocycles. The van der Waals surface area contributed by atoms with Crippen LogP contribution in [0.5, 0.6) is 5.75 Å². The molecule has 0 atom stereocenters. The number of halogens is 1. The molecule has 138 valence electrons. The zero-order chi connectivity index (χ0) is 18.4. The molecule has 2 aromatic rings. The minimum Gasteiger partial charge on any atom is -0.494 e. The Bertz CT molecular complexity index is 721. The van der Waals surface area contributed by atoms with Crippen molar-refractivity contribution in [1.82, 2.24) is 9.80 Å². The van der Waals surface area contributed by atoms with E-state index in [1.807, 2.05) is 43.3 Å². The largest absolute Gasteiger partial charge is 0.494 e. The van der Waals surface area contributed by atoms with Crippen LogP contribution in [0, 0.1) is 5.82 Å². The van der Waals surface area contributed by atoms with Gasteiger partial charge in [0.25, 0.3) is 0 Å². The summed E-state index contributed by atoms with van der Waals surface area (Å²) in [7, 11) is 0. The van der Waals surface area contributed by atoms with Crippen LogP contribution < -0.4 is 10.1 Å². The standard InChI is InChI=1S/C20H24FN3OS/c1-2-25-19-10-8-18(9-11-19)22-20(26)24-13-3-12-23(15-24)14-16-4-6-17(21)7-5-16/h4-11H,2-3,12-15H2,1H3,(H,22,26). The Kier molecular flexibility index (Phi) is 6.41. The van der Waals surface area contributed by atoms with Crippen molar-refractivity contribution < 1.29 is 9.13 Å². The zero-order valence-corrected chi connectivity index (χ0v) is 15.8. The van der Waals surface area contributed by atoms with Gasteiger partial charge in [-0.1, -0.05) is 12.1 Å². The van der Waals surface area contributed by atoms with E-state index in [0.717, 1.165) is 54.8 Å². The molecule has 1 N–H and O–H groups in total. The quantitative estimate of drug-likeness (QED) is 0.797. The monoisotopic (exact) mass is 373 g/mol. The van der Waals surface area contributed by atoms with Gasteiger partial charge in [-0.15, -0.1) is 0 Å². The molecule has 1 heterocycles. The second-order valence-corrected chi connectivity index (χ2v) is 6.71. The molecule has 0 amide bonds. The normalized spacial score (nSPS) is 14.9. The van der Waals surface area contributed by atoms with Gasteiger partial charge in [-0.3, -0.25) is 4.90 Å². The van der Waals surface area contributed by atoms with Crippen molar-refractivity contribution in [2.45, 2.75) is 19.9 Å². The van der Waals surface area contributed by atoms with E-state index in [0.29, 0.717) is 6.61 Å². The lowest BCUT2D eigenvalue weighted by atomic mass is 10.2. The Morgan fingerprint density at radius 1 is 1.12 bits per heavy atom. The fraction of sp³-hybridized carbons (Fsp3) is 0.350. The first kappa shape index (κ1) is 18.6. The number of hydrogen-bond acceptors (Lipinski definition) is 3. The van der Waals surface area contributed by atoms with Gasteiger partial charge in [0.2, 0.25) is 0 Å². The molecule has 0 aromatic heterocycles. The molecule has 4 nitrogen and oxygen atoms in total. The summed E-state index contributed by atoms with van der Waals surface area (Å²) in [5, 5.41) is 4.02. The molecule has 0 radical (unpaired) electrons. The number of nitrogens with zero attached hydrogens (tertiary/aromatic N) is 2. The molecule has 0 spiro atoms. The first-order chi connectivity index (χ1) is 12.6. The molecule has 0 aliphatic carbocycles. The van der Waals surface area contributed by atoms with Crippen molar-refractivity contribution in [2.75, 3.05) is 31.7 Å². The number of benzene rings is 2. The Balaban J connectivity index is 1.54. The molecule has 1 saturated heterocycles. The third-order valence-corrected chi connectivity index (χ3v) is 4.66. The summed E-state index contributed by atoms with van der Waals surface area (Å²) in [5.74, 6) is 0.655. The Morgan fingerprint density at radius 2 is 1.85 bits per heavy atom. The molecule has 3 rings (SSSR count). The highest BCUT2D eigenvalue weighted by Gasteiger charge is 2.19. The van der Waals surface area contributed by atoms with Gasteiger partial charge in [-0.2, -0.15) is 0 Å². The van der Waals surface area contributed by atoms with Crippen molar-refractivity contribution in [1.29, 1.82) is 0 Å². The van der Waals surface area contributed by atoms with Crippen molar-refractivity contribution in [3.05, 3.63) is 59.9 Å². The molecule has 0 saturated carbocycles. The van der Waals surface area contributed by atoms with Crippen molar-refractivity contribution in [3.63, 3.8) is 0 Å². The van der Waals surface area contributed by atoms with Gasteiger partial charge in [0.15, 0.2) is 5.11 Å². The Labute approximate surface area is 159 Å². The average Bonchev–Trinajstić information content (AvgIpc) is 2.66. The van der Waals surface area contributed by atoms with Crippen molar-refractivity contribution in [3.8, 4) is 5.75 Å². The predicted octanol–water partition coefficient (Wildman–Crippen LogP) is 4.09. The highest BCUT2D eigenvalue weighted by Crippen LogP contribution is 2.17. The summed E-state index contributed by atoms with van der Waals surface area (Å²) in [6.45, 7) is 6.13. The highest BCUT2D eigenvalue weighted by atomic mass is 32.1. The number of anilines is 1. The van der Waals surface area contributed by atoms with Crippen molar-refractivity contribution >= 4 is 23.0 Å². The van der Waals surface area contributed by atoms with E-state index in [9.17, 15) is 4.39 Å². The van der Waals surface area contributed by atoms with Crippen LogP contribution in [0.1, 0.15) is 18.9 Å². The second-order valence-electron chi connectivity index (χ2n) is 6.32. The highest BCUT2D eigenvalue weighted by molar-refractivity contribution is 7.80. The van der Waals surface area contributed by atoms with Gasteiger partial charge in [-0.25, -0.2) is 4.39 Å². The number of hydrogen-bond donors (Lipinski definition) is 1. The summed E-state index contributed by atoms with van der Waals surface area (Å²) in [4.78, 5) is 4.49. The van der Waals surface area contributed by atoms with E-state index in [2.05, 4.69) is 15.1 Å². The van der Waals surface area contributed by atoms with Gasteiger partial charge in [-0.05, 0) is 67.5 Å². The fourth-order valence-electron chi connectivity index (χ4n) is 3.01. The number of thiocarbonyl (C=S) groups is 1. The van der Waals surface area contributed by atoms with E-state index in [-0.39, 0.29) is 5.82 Å². The van der Waals surface area contributed by atoms with Gasteiger partial charge >= 0.3 is 0 Å². The molecular weight excluding hydrogens is 349 g/mol. The first-order valence-electron chi connectivity index (χ1n) is 8.89. The molecule has 0 bridgehead atoms. The Morgan fingerprint density at radius 3 is 2.54 bits per heavy atom. The van der Waals surface area contributed by atoms with Crippen LogP contribution in [0.4, 0.5) is 10.1 Å². The molecule has 26 heavy (non-hydrogen) atoms. The summed E-state index contributed by atoms with van der Waals surface area (Å²) in [5.41, 5.74) is 2.06. The number of ether oxygens (including phenoxy) is 1. The van der Waals surface area contributed by atoms with Crippen LogP contribution in [0.2, 0.25) is 0 Å². The van der Waals surface area contributed by atoms with Crippen LogP contribution in [0.15, 0.2) is 48.5 Å². The third-order valence-electron chi connectivity index (χ3n) is 4.30. The zero-order valence-electron chi connectivity index (χ0n) is 15.0. The average molecular weight is 373 g/mol. The molecule has 6 heteroatoms. The maximum atomic E-state index is 13.1. The summed E-state index contributed by atoms with van der Waals surface area (Å²) in [6, 6.07) is 14.5. The fourth-order valence-corrected chi connectivity index (χ4v) is 3.28. The maximum Gasteiger partial charge on any atom is 0.174 e. The molecule has 1 fully saturated rings. The van der Waals surface area contributed by atoms with E-state index in [1.165, 1.54) is 12.1 Å². The lowest BCUT2D eigenvalue weighted by Crippen LogP contribution is -2.48. The minimum atomic E-state index is -0.199. The van der Waals surface area contributed by atoms with Crippen molar-refractivity contribution in [2.24, 2.45) is 0 Å². The van der Waals surface area contributed by atoms with Crippen LogP contribution in [-0.4, -0.2) is 41.3 Å². The molecule has 2 aromatic carbocycles. The molecule has 1 aliphatic rings. The first-order valence-corrected chi connectivity index (χ1v) is 9.30. The summed E-state index contributed by atoms with van der Waals surface area (Å²) in [6.07, 6.45) is 1.05. The van der Waals surface area contributed by atoms with Crippen LogP contribution in [0.3, 0.4) is 0 Å². The van der Waals surface area contributed by atoms with E-state index >= 15 is 0 Å². The van der Waals surface area contributed by atoms with Gasteiger partial charge in [0, 0.05) is 25.3 Å². The SMILES string of the molecule is CCOc1ccc(NC(=S)N2CCCN(Cc3ccc(F)cc3)C2)cc1. The predicted molar refractivity (Wildman–Crippen MR) is 107 cm³/mol. The van der Waals surface area contributed by atoms with Gasteiger partial charge in [0.1, 0.15) is 11.6 Å². The Hall–Kier alpha value is -2.18. The van der Waals surface area contributed by atoms with Crippen LogP contribution >= 0.6 is 12.2 Å². The summed E-state index contributed by atoms with van der Waals surface area (Å²) >= 11 is 5.58. The van der Waals surface area contributed by atoms with Gasteiger partial charge in [0.05, 0.1) is 13.3 Å². The van der Waals surface area contributed by atoms with Gasteiger partial charge < -0.3 is 15.0 Å². The lowest BCUT2D eigenvalue weighted by Gasteiger charge is -2.37. The maximum absolute atomic E-state index is 13.1. The van der Waals surface area contributed by atoms with E-state index in [4.69, 9.17) is 17.0 Å². The smallest absolute Gasteiger partial charge is 0.174 e. The van der Waals surface area contributed by atoms with E-state index < -0.39 is 0 Å².